The minimum atomic E-state index is -0.938. The summed E-state index contributed by atoms with van der Waals surface area (Å²) >= 11 is 0. The van der Waals surface area contributed by atoms with E-state index in [0.29, 0.717) is 24.6 Å². The summed E-state index contributed by atoms with van der Waals surface area (Å²) in [6.07, 6.45) is 3.10. The molecular formula is C32H34FN3O4. The van der Waals surface area contributed by atoms with E-state index >= 15 is 0 Å². The van der Waals surface area contributed by atoms with Gasteiger partial charge < -0.3 is 19.1 Å². The summed E-state index contributed by atoms with van der Waals surface area (Å²) in [6, 6.07) is 18.1. The smallest absolute Gasteiger partial charge is 0.335 e. The lowest BCUT2D eigenvalue weighted by atomic mass is 9.88. The summed E-state index contributed by atoms with van der Waals surface area (Å²) in [5.41, 5.74) is 4.72. The van der Waals surface area contributed by atoms with Crippen molar-refractivity contribution in [3.63, 3.8) is 0 Å². The summed E-state index contributed by atoms with van der Waals surface area (Å²) < 4.78 is 28.3. The zero-order chi connectivity index (χ0) is 27.6. The number of piperidine rings is 1. The molecule has 0 saturated carbocycles. The Morgan fingerprint density at radius 1 is 1.10 bits per heavy atom. The van der Waals surface area contributed by atoms with Gasteiger partial charge in [0.05, 0.1) is 35.8 Å². The number of benzene rings is 3. The van der Waals surface area contributed by atoms with E-state index < -0.39 is 5.97 Å². The molecule has 0 amide bonds. The number of hydrogen-bond acceptors (Lipinski definition) is 5. The number of aromatic nitrogens is 2. The van der Waals surface area contributed by atoms with Crippen LogP contribution in [0.4, 0.5) is 4.39 Å². The lowest BCUT2D eigenvalue weighted by Gasteiger charge is -2.33. The molecule has 8 heteroatoms. The average Bonchev–Trinajstić information content (AvgIpc) is 3.27. The molecule has 3 aromatic carbocycles. The van der Waals surface area contributed by atoms with Crippen molar-refractivity contribution in [2.75, 3.05) is 19.7 Å². The third-order valence-electron chi connectivity index (χ3n) is 8.22. The highest BCUT2D eigenvalue weighted by atomic mass is 19.1. The van der Waals surface area contributed by atoms with Gasteiger partial charge in [0.1, 0.15) is 24.0 Å². The van der Waals surface area contributed by atoms with Crippen molar-refractivity contribution in [3.8, 4) is 5.75 Å². The SMILES string of the molecule is Cc1cccc(C2CCN(Cc3nc4ccc(C(=O)O)cc4n3C[C@@H]3CCO3)CC2)c1OCc1ccccc1F. The Labute approximate surface area is 233 Å². The maximum absolute atomic E-state index is 14.2. The van der Waals surface area contributed by atoms with E-state index in [4.69, 9.17) is 14.5 Å². The van der Waals surface area contributed by atoms with Gasteiger partial charge in [-0.1, -0.05) is 36.4 Å². The van der Waals surface area contributed by atoms with Crippen LogP contribution in [-0.2, 0) is 24.4 Å². The van der Waals surface area contributed by atoms with Gasteiger partial charge in [0.2, 0.25) is 0 Å². The van der Waals surface area contributed by atoms with E-state index in [-0.39, 0.29) is 24.1 Å². The number of aromatic carboxylic acids is 1. The Morgan fingerprint density at radius 2 is 1.90 bits per heavy atom. The van der Waals surface area contributed by atoms with Crippen LogP contribution in [0.1, 0.15) is 58.1 Å². The number of likely N-dealkylation sites (tertiary alicyclic amines) is 1. The second kappa shape index (κ2) is 11.4. The predicted molar refractivity (Wildman–Crippen MR) is 150 cm³/mol. The zero-order valence-corrected chi connectivity index (χ0v) is 22.7. The number of aryl methyl sites for hydroxylation is 1. The van der Waals surface area contributed by atoms with Gasteiger partial charge in [0.15, 0.2) is 0 Å². The Morgan fingerprint density at radius 3 is 2.62 bits per heavy atom. The fourth-order valence-electron chi connectivity index (χ4n) is 5.82. The van der Waals surface area contributed by atoms with Crippen molar-refractivity contribution in [2.45, 2.75) is 57.9 Å². The molecule has 7 nitrogen and oxygen atoms in total. The first-order chi connectivity index (χ1) is 19.5. The molecule has 0 aliphatic carbocycles. The minimum absolute atomic E-state index is 0.138. The molecule has 0 radical (unpaired) electrons. The van der Waals surface area contributed by atoms with Gasteiger partial charge in [-0.3, -0.25) is 4.90 Å². The van der Waals surface area contributed by atoms with Crippen molar-refractivity contribution in [3.05, 3.63) is 94.6 Å². The Bertz CT molecular complexity index is 1520. The molecule has 2 saturated heterocycles. The number of para-hydroxylation sites is 1. The van der Waals surface area contributed by atoms with Gasteiger partial charge in [0.25, 0.3) is 0 Å². The normalized spacial score (nSPS) is 18.1. The number of imidazole rings is 1. The maximum Gasteiger partial charge on any atom is 0.335 e. The van der Waals surface area contributed by atoms with E-state index in [1.807, 2.05) is 19.1 Å². The van der Waals surface area contributed by atoms with Crippen molar-refractivity contribution in [2.24, 2.45) is 0 Å². The molecule has 208 valence electrons. The predicted octanol–water partition coefficient (Wildman–Crippen LogP) is 5.93. The molecule has 40 heavy (non-hydrogen) atoms. The topological polar surface area (TPSA) is 76.8 Å². The first-order valence-electron chi connectivity index (χ1n) is 14.0. The van der Waals surface area contributed by atoms with Crippen LogP contribution in [0, 0.1) is 12.7 Å². The number of carboxylic acid groups (broad SMARTS) is 1. The van der Waals surface area contributed by atoms with Crippen LogP contribution in [0.5, 0.6) is 5.75 Å². The molecule has 2 aliphatic heterocycles. The zero-order valence-electron chi connectivity index (χ0n) is 22.7. The van der Waals surface area contributed by atoms with Crippen LogP contribution in [-0.4, -0.2) is 51.3 Å². The van der Waals surface area contributed by atoms with E-state index in [1.165, 1.54) is 11.6 Å². The van der Waals surface area contributed by atoms with Gasteiger partial charge in [-0.2, -0.15) is 0 Å². The number of fused-ring (bicyclic) bond motifs is 1. The van der Waals surface area contributed by atoms with E-state index in [9.17, 15) is 14.3 Å². The molecule has 0 spiro atoms. The van der Waals surface area contributed by atoms with Crippen LogP contribution in [0.2, 0.25) is 0 Å². The molecule has 2 fully saturated rings. The Hall–Kier alpha value is -3.75. The lowest BCUT2D eigenvalue weighted by Crippen LogP contribution is -2.35. The molecule has 2 aliphatic rings. The molecule has 4 aromatic rings. The van der Waals surface area contributed by atoms with Crippen LogP contribution < -0.4 is 4.74 Å². The standard InChI is InChI=1S/C32H34FN3O4/c1-21-5-4-7-26(31(21)40-20-24-6-2-3-8-27(24)33)22-11-14-35(15-12-22)19-30-34-28-10-9-23(32(37)38)17-29(28)36(30)18-25-13-16-39-25/h2-10,17,22,25H,11-16,18-20H2,1H3,(H,37,38)/t25-/m0/s1. The maximum atomic E-state index is 14.2. The first kappa shape index (κ1) is 26.5. The third-order valence-corrected chi connectivity index (χ3v) is 8.22. The quantitative estimate of drug-likeness (QED) is 0.282. The molecule has 1 atom stereocenters. The van der Waals surface area contributed by atoms with Gasteiger partial charge in [-0.15, -0.1) is 0 Å². The number of carboxylic acids is 1. The molecule has 0 bridgehead atoms. The highest BCUT2D eigenvalue weighted by Crippen LogP contribution is 2.37. The molecule has 1 aromatic heterocycles. The van der Waals surface area contributed by atoms with Gasteiger partial charge in [0, 0.05) is 12.2 Å². The van der Waals surface area contributed by atoms with Crippen LogP contribution in [0.25, 0.3) is 11.0 Å². The summed E-state index contributed by atoms with van der Waals surface area (Å²) in [5, 5.41) is 9.51. The highest BCUT2D eigenvalue weighted by molar-refractivity contribution is 5.92. The minimum Gasteiger partial charge on any atom is -0.488 e. The molecular weight excluding hydrogens is 509 g/mol. The van der Waals surface area contributed by atoms with Crippen molar-refractivity contribution >= 4 is 17.0 Å². The monoisotopic (exact) mass is 543 g/mol. The number of hydrogen-bond donors (Lipinski definition) is 1. The molecule has 1 N–H and O–H groups in total. The summed E-state index contributed by atoms with van der Waals surface area (Å²) in [7, 11) is 0. The Kier molecular flexibility index (Phi) is 7.54. The number of rotatable bonds is 9. The number of halogens is 1. The second-order valence-electron chi connectivity index (χ2n) is 10.9. The van der Waals surface area contributed by atoms with Crippen molar-refractivity contribution in [1.82, 2.24) is 14.5 Å². The number of carbonyl (C=O) groups is 1. The fraction of sp³-hybridized carbons (Fsp3) is 0.375. The molecule has 6 rings (SSSR count). The second-order valence-corrected chi connectivity index (χ2v) is 10.9. The summed E-state index contributed by atoms with van der Waals surface area (Å²) in [4.78, 5) is 18.9. The van der Waals surface area contributed by atoms with Gasteiger partial charge in [-0.25, -0.2) is 14.2 Å². The summed E-state index contributed by atoms with van der Waals surface area (Å²) in [5.74, 6) is 0.968. The van der Waals surface area contributed by atoms with E-state index in [2.05, 4.69) is 21.6 Å². The fourth-order valence-corrected chi connectivity index (χ4v) is 5.82. The van der Waals surface area contributed by atoms with Crippen LogP contribution >= 0.6 is 0 Å². The van der Waals surface area contributed by atoms with Crippen molar-refractivity contribution in [1.29, 1.82) is 0 Å². The molecule has 3 heterocycles. The van der Waals surface area contributed by atoms with Gasteiger partial charge in [-0.05, 0) is 80.6 Å². The van der Waals surface area contributed by atoms with Crippen LogP contribution in [0.3, 0.4) is 0 Å². The third kappa shape index (κ3) is 5.46. The highest BCUT2D eigenvalue weighted by Gasteiger charge is 2.27. The number of nitrogens with zero attached hydrogens (tertiary/aromatic N) is 3. The number of ether oxygens (including phenoxy) is 2. The van der Waals surface area contributed by atoms with Crippen LogP contribution in [0.15, 0.2) is 60.7 Å². The van der Waals surface area contributed by atoms with E-state index in [0.717, 1.165) is 67.1 Å². The Balaban J connectivity index is 1.16. The average molecular weight is 544 g/mol. The molecule has 0 unspecified atom stereocenters. The van der Waals surface area contributed by atoms with Gasteiger partial charge >= 0.3 is 5.97 Å². The largest absolute Gasteiger partial charge is 0.488 e. The van der Waals surface area contributed by atoms with E-state index in [1.54, 1.807) is 30.3 Å². The lowest BCUT2D eigenvalue weighted by molar-refractivity contribution is -0.0592. The van der Waals surface area contributed by atoms with Crippen molar-refractivity contribution < 1.29 is 23.8 Å². The first-order valence-corrected chi connectivity index (χ1v) is 14.0. The summed E-state index contributed by atoms with van der Waals surface area (Å²) in [6.45, 7) is 6.21.